The van der Waals surface area contributed by atoms with Crippen LogP contribution in [0.5, 0.6) is 0 Å². The van der Waals surface area contributed by atoms with Crippen LogP contribution in [0.3, 0.4) is 0 Å². The highest BCUT2D eigenvalue weighted by Crippen LogP contribution is 2.17. The third kappa shape index (κ3) is 3.41. The van der Waals surface area contributed by atoms with Crippen molar-refractivity contribution in [2.75, 3.05) is 11.9 Å². The van der Waals surface area contributed by atoms with Gasteiger partial charge < -0.3 is 5.32 Å². The van der Waals surface area contributed by atoms with E-state index in [-0.39, 0.29) is 0 Å². The van der Waals surface area contributed by atoms with E-state index in [0.29, 0.717) is 11.6 Å². The maximum atomic E-state index is 8.32. The summed E-state index contributed by atoms with van der Waals surface area (Å²) in [6.07, 6.45) is 1.75. The number of nitrogens with one attached hydrogen (secondary N) is 2. The molecule has 0 aliphatic carbocycles. The van der Waals surface area contributed by atoms with Crippen LogP contribution >= 0.6 is 0 Å². The second kappa shape index (κ2) is 6.14. The van der Waals surface area contributed by atoms with Crippen LogP contribution < -0.4 is 5.32 Å². The van der Waals surface area contributed by atoms with Crippen molar-refractivity contribution in [2.24, 2.45) is 5.92 Å². The highest BCUT2D eigenvalue weighted by atomic mass is 15.0. The van der Waals surface area contributed by atoms with Crippen molar-refractivity contribution >= 4 is 11.5 Å². The number of nitrogens with zero attached hydrogens (tertiary/aromatic N) is 1. The number of pyridine rings is 1. The second-order valence-electron chi connectivity index (χ2n) is 4.92. The van der Waals surface area contributed by atoms with Crippen LogP contribution in [0.15, 0.2) is 48.7 Å². The Hall–Kier alpha value is -2.16. The van der Waals surface area contributed by atoms with Crippen LogP contribution in [0.2, 0.25) is 0 Å². The molecule has 2 N–H and O–H groups in total. The van der Waals surface area contributed by atoms with Gasteiger partial charge in [-0.15, -0.1) is 0 Å². The number of anilines is 1. The van der Waals surface area contributed by atoms with Crippen molar-refractivity contribution in [3.8, 4) is 0 Å². The molecule has 3 nitrogen and oxygen atoms in total. The average molecular weight is 253 g/mol. The number of hydrogen-bond donors (Lipinski definition) is 2. The molecule has 0 unspecified atom stereocenters. The maximum absolute atomic E-state index is 8.32. The fraction of sp³-hybridized carbons (Fsp3) is 0.250. The highest BCUT2D eigenvalue weighted by Gasteiger charge is 2.10. The average Bonchev–Trinajstić information content (AvgIpc) is 2.45. The molecule has 98 valence electrons. The van der Waals surface area contributed by atoms with Crippen LogP contribution in [0.4, 0.5) is 5.82 Å². The van der Waals surface area contributed by atoms with Gasteiger partial charge in [0.25, 0.3) is 0 Å². The summed E-state index contributed by atoms with van der Waals surface area (Å²) in [5, 5.41) is 11.6. The molecular formula is C16H19N3. The summed E-state index contributed by atoms with van der Waals surface area (Å²) >= 11 is 0. The van der Waals surface area contributed by atoms with Crippen molar-refractivity contribution in [1.82, 2.24) is 4.98 Å². The summed E-state index contributed by atoms with van der Waals surface area (Å²) in [4.78, 5) is 4.35. The van der Waals surface area contributed by atoms with Gasteiger partial charge in [0.05, 0.1) is 5.71 Å². The maximum Gasteiger partial charge on any atom is 0.135 e. The van der Waals surface area contributed by atoms with Gasteiger partial charge in [0.2, 0.25) is 0 Å². The zero-order valence-electron chi connectivity index (χ0n) is 11.4. The molecule has 0 atom stereocenters. The van der Waals surface area contributed by atoms with Crippen molar-refractivity contribution in [3.05, 3.63) is 59.8 Å². The van der Waals surface area contributed by atoms with Crippen LogP contribution in [-0.2, 0) is 0 Å². The Bertz CT molecular complexity index is 547. The first kappa shape index (κ1) is 13.3. The van der Waals surface area contributed by atoms with Gasteiger partial charge >= 0.3 is 0 Å². The van der Waals surface area contributed by atoms with E-state index >= 15 is 0 Å². The summed E-state index contributed by atoms with van der Waals surface area (Å²) < 4.78 is 0. The molecule has 0 fully saturated rings. The van der Waals surface area contributed by atoms with Crippen molar-refractivity contribution < 1.29 is 0 Å². The summed E-state index contributed by atoms with van der Waals surface area (Å²) in [5.41, 5.74) is 2.25. The molecule has 0 saturated carbocycles. The van der Waals surface area contributed by atoms with Crippen molar-refractivity contribution in [1.29, 1.82) is 5.41 Å². The predicted molar refractivity (Wildman–Crippen MR) is 79.9 cm³/mol. The van der Waals surface area contributed by atoms with E-state index in [9.17, 15) is 0 Å². The molecule has 19 heavy (non-hydrogen) atoms. The third-order valence-electron chi connectivity index (χ3n) is 2.82. The molecule has 0 bridgehead atoms. The van der Waals surface area contributed by atoms with E-state index in [2.05, 4.69) is 24.1 Å². The quantitative estimate of drug-likeness (QED) is 0.800. The monoisotopic (exact) mass is 253 g/mol. The molecule has 0 saturated heterocycles. The minimum atomic E-state index is 0.500. The molecular weight excluding hydrogens is 234 g/mol. The van der Waals surface area contributed by atoms with Gasteiger partial charge in [-0.1, -0.05) is 44.2 Å². The van der Waals surface area contributed by atoms with E-state index in [1.165, 1.54) is 0 Å². The van der Waals surface area contributed by atoms with E-state index in [0.717, 1.165) is 23.5 Å². The van der Waals surface area contributed by atoms with Gasteiger partial charge in [-0.25, -0.2) is 4.98 Å². The van der Waals surface area contributed by atoms with Gasteiger partial charge in [-0.3, -0.25) is 5.41 Å². The molecule has 3 heteroatoms. The Morgan fingerprint density at radius 3 is 2.58 bits per heavy atom. The van der Waals surface area contributed by atoms with E-state index < -0.39 is 0 Å². The van der Waals surface area contributed by atoms with Crippen molar-refractivity contribution in [2.45, 2.75) is 13.8 Å². The Morgan fingerprint density at radius 2 is 1.89 bits per heavy atom. The minimum absolute atomic E-state index is 0.500. The number of rotatable bonds is 5. The van der Waals surface area contributed by atoms with Gasteiger partial charge in [-0.2, -0.15) is 0 Å². The minimum Gasteiger partial charge on any atom is -0.369 e. The molecule has 0 radical (unpaired) electrons. The molecule has 0 aliphatic heterocycles. The Kier molecular flexibility index (Phi) is 4.29. The van der Waals surface area contributed by atoms with Crippen LogP contribution in [-0.4, -0.2) is 17.2 Å². The number of aromatic nitrogens is 1. The molecule has 1 aromatic heterocycles. The predicted octanol–water partition coefficient (Wildman–Crippen LogP) is 3.57. The van der Waals surface area contributed by atoms with Gasteiger partial charge in [-0.05, 0) is 18.1 Å². The molecule has 1 heterocycles. The Morgan fingerprint density at radius 1 is 1.16 bits per heavy atom. The summed E-state index contributed by atoms with van der Waals surface area (Å²) in [7, 11) is 0. The van der Waals surface area contributed by atoms with Gasteiger partial charge in [0, 0.05) is 23.9 Å². The van der Waals surface area contributed by atoms with Crippen LogP contribution in [0, 0.1) is 11.3 Å². The van der Waals surface area contributed by atoms with E-state index in [4.69, 9.17) is 5.41 Å². The molecule has 1 aromatic carbocycles. The fourth-order valence-corrected chi connectivity index (χ4v) is 1.81. The number of hydrogen-bond acceptors (Lipinski definition) is 3. The van der Waals surface area contributed by atoms with E-state index in [1.807, 2.05) is 42.5 Å². The molecule has 2 rings (SSSR count). The molecule has 0 spiro atoms. The zero-order chi connectivity index (χ0) is 13.7. The Balaban J connectivity index is 2.27. The molecule has 0 aliphatic rings. The fourth-order valence-electron chi connectivity index (χ4n) is 1.81. The normalized spacial score (nSPS) is 10.5. The summed E-state index contributed by atoms with van der Waals surface area (Å²) in [6, 6.07) is 13.5. The van der Waals surface area contributed by atoms with Crippen LogP contribution in [0.25, 0.3) is 0 Å². The smallest absolute Gasteiger partial charge is 0.135 e. The Labute approximate surface area is 114 Å². The first-order valence-corrected chi connectivity index (χ1v) is 6.51. The molecule has 2 aromatic rings. The lowest BCUT2D eigenvalue weighted by Gasteiger charge is -2.13. The lowest BCUT2D eigenvalue weighted by molar-refractivity contribution is 0.687. The summed E-state index contributed by atoms with van der Waals surface area (Å²) in [5.74, 6) is 1.32. The topological polar surface area (TPSA) is 48.8 Å². The van der Waals surface area contributed by atoms with Gasteiger partial charge in [0.1, 0.15) is 5.82 Å². The first-order chi connectivity index (χ1) is 9.18. The number of benzene rings is 1. The standard InChI is InChI=1S/C16H19N3/c1-12(2)11-19-16-14(9-6-10-18-16)15(17)13-7-4-3-5-8-13/h3-10,12,17H,11H2,1-2H3,(H,18,19). The molecule has 0 amide bonds. The third-order valence-corrected chi connectivity index (χ3v) is 2.82. The summed E-state index contributed by atoms with van der Waals surface area (Å²) in [6.45, 7) is 5.16. The van der Waals surface area contributed by atoms with Crippen molar-refractivity contribution in [3.63, 3.8) is 0 Å². The lowest BCUT2D eigenvalue weighted by atomic mass is 10.0. The SMILES string of the molecule is CC(C)CNc1ncccc1C(=N)c1ccccc1. The largest absolute Gasteiger partial charge is 0.369 e. The first-order valence-electron chi connectivity index (χ1n) is 6.51. The second-order valence-corrected chi connectivity index (χ2v) is 4.92. The zero-order valence-corrected chi connectivity index (χ0v) is 11.4. The highest BCUT2D eigenvalue weighted by molar-refractivity contribution is 6.13. The van der Waals surface area contributed by atoms with Crippen LogP contribution in [0.1, 0.15) is 25.0 Å². The lowest BCUT2D eigenvalue weighted by Crippen LogP contribution is -2.13. The van der Waals surface area contributed by atoms with Gasteiger partial charge in [0.15, 0.2) is 0 Å². The van der Waals surface area contributed by atoms with E-state index in [1.54, 1.807) is 6.20 Å².